The summed E-state index contributed by atoms with van der Waals surface area (Å²) in [6.45, 7) is 7.08. The number of aliphatic hydroxyl groups is 1. The van der Waals surface area contributed by atoms with Gasteiger partial charge in [-0.3, -0.25) is 4.79 Å². The summed E-state index contributed by atoms with van der Waals surface area (Å²) in [5, 5.41) is 10.7. The van der Waals surface area contributed by atoms with Crippen LogP contribution < -0.4 is 0 Å². The van der Waals surface area contributed by atoms with Crippen LogP contribution in [0.1, 0.15) is 48.9 Å². The Balaban J connectivity index is 0.000000337. The van der Waals surface area contributed by atoms with Gasteiger partial charge < -0.3 is 14.5 Å². The molecule has 1 radical (unpaired) electrons. The van der Waals surface area contributed by atoms with Gasteiger partial charge in [0.15, 0.2) is 5.78 Å². The van der Waals surface area contributed by atoms with E-state index < -0.39 is 0 Å². The van der Waals surface area contributed by atoms with Crippen LogP contribution in [0, 0.1) is 19.9 Å². The Bertz CT molecular complexity index is 1350. The molecule has 4 aromatic rings. The van der Waals surface area contributed by atoms with E-state index in [0.717, 1.165) is 27.8 Å². The van der Waals surface area contributed by atoms with E-state index in [1.165, 1.54) is 73.2 Å². The first-order valence-electron chi connectivity index (χ1n) is 11.0. The zero-order chi connectivity index (χ0) is 22.8. The Morgan fingerprint density at radius 2 is 1.76 bits per heavy atom. The Labute approximate surface area is 208 Å². The number of ketones is 1. The Hall–Kier alpha value is -2.75. The van der Waals surface area contributed by atoms with Crippen molar-refractivity contribution in [1.29, 1.82) is 0 Å². The average molecular weight is 619 g/mol. The van der Waals surface area contributed by atoms with Crippen molar-refractivity contribution in [2.45, 2.75) is 53.4 Å². The minimum atomic E-state index is -0.125. The molecular weight excluding hydrogens is 591 g/mol. The number of nitrogens with zero attached hydrogens (tertiary/aromatic N) is 1. The van der Waals surface area contributed by atoms with E-state index in [2.05, 4.69) is 49.2 Å². The SMILES string of the molecule is CC(=O)/C=C(/C)O.Cc1c[c-]c(-c2nccc3c2oc2cc4c(cc23)CCCC4)cc1C.[Ir]. The molecule has 173 valence electrons. The molecule has 5 rings (SSSR count). The predicted octanol–water partition coefficient (Wildman–Crippen LogP) is 6.98. The van der Waals surface area contributed by atoms with E-state index in [-0.39, 0.29) is 31.6 Å². The van der Waals surface area contributed by atoms with Crippen LogP contribution in [-0.4, -0.2) is 15.9 Å². The third-order valence-corrected chi connectivity index (χ3v) is 5.95. The molecule has 0 unspecified atom stereocenters. The van der Waals surface area contributed by atoms with Gasteiger partial charge in [-0.05, 0) is 68.9 Å². The van der Waals surface area contributed by atoms with Gasteiger partial charge in [-0.25, -0.2) is 0 Å². The second kappa shape index (κ2) is 10.5. The maximum Gasteiger partial charge on any atom is 0.155 e. The van der Waals surface area contributed by atoms with Crippen molar-refractivity contribution in [2.75, 3.05) is 0 Å². The molecule has 0 bridgehead atoms. The molecule has 0 saturated heterocycles. The number of hydrogen-bond donors (Lipinski definition) is 1. The fourth-order valence-electron chi connectivity index (χ4n) is 4.23. The van der Waals surface area contributed by atoms with E-state index >= 15 is 0 Å². The molecule has 2 aromatic carbocycles. The number of rotatable bonds is 2. The van der Waals surface area contributed by atoms with Gasteiger partial charge in [-0.15, -0.1) is 34.9 Å². The number of allylic oxidation sites excluding steroid dienone is 2. The Morgan fingerprint density at radius 1 is 1.06 bits per heavy atom. The van der Waals surface area contributed by atoms with E-state index in [1.54, 1.807) is 0 Å². The van der Waals surface area contributed by atoms with Gasteiger partial charge in [0.2, 0.25) is 0 Å². The van der Waals surface area contributed by atoms with Crippen molar-refractivity contribution >= 4 is 27.7 Å². The van der Waals surface area contributed by atoms with Gasteiger partial charge in [0.1, 0.15) is 11.2 Å². The maximum atomic E-state index is 10.0. The van der Waals surface area contributed by atoms with E-state index in [0.29, 0.717) is 0 Å². The molecular formula is C28H28IrNO3-. The summed E-state index contributed by atoms with van der Waals surface area (Å²) in [7, 11) is 0. The van der Waals surface area contributed by atoms with Crippen molar-refractivity contribution in [1.82, 2.24) is 4.98 Å². The molecule has 0 amide bonds. The number of fused-ring (bicyclic) bond motifs is 4. The third kappa shape index (κ3) is 5.43. The molecule has 1 aliphatic rings. The quantitative estimate of drug-likeness (QED) is 0.150. The van der Waals surface area contributed by atoms with Crippen LogP contribution in [0.2, 0.25) is 0 Å². The van der Waals surface area contributed by atoms with Gasteiger partial charge in [-0.1, -0.05) is 13.8 Å². The molecule has 2 aromatic heterocycles. The molecule has 0 spiro atoms. The molecule has 33 heavy (non-hydrogen) atoms. The smallest absolute Gasteiger partial charge is 0.155 e. The van der Waals surface area contributed by atoms with Crippen molar-refractivity contribution in [3.05, 3.63) is 76.7 Å². The zero-order valence-corrected chi connectivity index (χ0v) is 21.8. The van der Waals surface area contributed by atoms with Gasteiger partial charge in [0.05, 0.1) is 5.76 Å². The summed E-state index contributed by atoms with van der Waals surface area (Å²) < 4.78 is 6.29. The van der Waals surface area contributed by atoms with Crippen LogP contribution in [-0.2, 0) is 37.7 Å². The van der Waals surface area contributed by atoms with E-state index in [9.17, 15) is 4.79 Å². The van der Waals surface area contributed by atoms with Crippen LogP contribution in [0.25, 0.3) is 33.2 Å². The first-order chi connectivity index (χ1) is 15.3. The van der Waals surface area contributed by atoms with Crippen LogP contribution in [0.4, 0.5) is 0 Å². The fraction of sp³-hybridized carbons (Fsp3) is 0.286. The number of carbonyl (C=O) groups is 1. The number of aromatic nitrogens is 1. The number of carbonyl (C=O) groups excluding carboxylic acids is 1. The molecule has 1 N–H and O–H groups in total. The topological polar surface area (TPSA) is 63.3 Å². The second-order valence-electron chi connectivity index (χ2n) is 8.57. The Morgan fingerprint density at radius 3 is 2.36 bits per heavy atom. The van der Waals surface area contributed by atoms with E-state index in [4.69, 9.17) is 9.52 Å². The summed E-state index contributed by atoms with van der Waals surface area (Å²) in [5.41, 5.74) is 9.16. The predicted molar refractivity (Wildman–Crippen MR) is 129 cm³/mol. The standard InChI is InChI=1S/C23H20NO.C5H8O2.Ir/c1-14-7-8-18(11-15(14)2)22-23-19(9-10-24-22)20-12-16-5-3-4-6-17(16)13-21(20)25-23;1-4(6)3-5(2)7;/h7,9-13H,3-6H2,1-2H3;3,6H,1-2H3;/q-1;;/b;4-3-;. The Kier molecular flexibility index (Phi) is 7.88. The fourth-order valence-corrected chi connectivity index (χ4v) is 4.23. The number of furan rings is 1. The summed E-state index contributed by atoms with van der Waals surface area (Å²) in [4.78, 5) is 14.6. The van der Waals surface area contributed by atoms with Gasteiger partial charge in [0, 0.05) is 48.8 Å². The minimum absolute atomic E-state index is 0. The van der Waals surface area contributed by atoms with Crippen molar-refractivity contribution in [2.24, 2.45) is 0 Å². The first-order valence-corrected chi connectivity index (χ1v) is 11.0. The normalized spacial score (nSPS) is 13.2. The van der Waals surface area contributed by atoms with Gasteiger partial charge in [-0.2, -0.15) is 0 Å². The average Bonchev–Trinajstić information content (AvgIpc) is 3.11. The largest absolute Gasteiger partial charge is 0.512 e. The van der Waals surface area contributed by atoms with Crippen molar-refractivity contribution in [3.63, 3.8) is 0 Å². The first kappa shape index (κ1) is 24.9. The molecule has 0 aliphatic heterocycles. The molecule has 0 fully saturated rings. The zero-order valence-electron chi connectivity index (χ0n) is 19.4. The number of pyridine rings is 1. The molecule has 5 heteroatoms. The summed E-state index contributed by atoms with van der Waals surface area (Å²) in [6.07, 6.45) is 7.97. The van der Waals surface area contributed by atoms with Crippen LogP contribution in [0.5, 0.6) is 0 Å². The molecule has 1 aliphatic carbocycles. The number of benzene rings is 2. The number of aryl methyl sites for hydroxylation is 4. The van der Waals surface area contributed by atoms with Crippen molar-refractivity contribution in [3.8, 4) is 11.3 Å². The number of hydrogen-bond acceptors (Lipinski definition) is 4. The van der Waals surface area contributed by atoms with E-state index in [1.807, 2.05) is 12.3 Å². The third-order valence-electron chi connectivity index (χ3n) is 5.95. The van der Waals surface area contributed by atoms with Crippen LogP contribution in [0.15, 0.2) is 52.8 Å². The summed E-state index contributed by atoms with van der Waals surface area (Å²) in [5.74, 6) is -0.0625. The minimum Gasteiger partial charge on any atom is -0.512 e. The molecule has 0 saturated carbocycles. The monoisotopic (exact) mass is 619 g/mol. The summed E-state index contributed by atoms with van der Waals surface area (Å²) in [6, 6.07) is 14.2. The van der Waals surface area contributed by atoms with Crippen LogP contribution >= 0.6 is 0 Å². The van der Waals surface area contributed by atoms with Gasteiger partial charge in [0.25, 0.3) is 0 Å². The van der Waals surface area contributed by atoms with Gasteiger partial charge >= 0.3 is 0 Å². The molecule has 2 heterocycles. The summed E-state index contributed by atoms with van der Waals surface area (Å²) >= 11 is 0. The number of aliphatic hydroxyl groups excluding tert-OH is 1. The van der Waals surface area contributed by atoms with Crippen LogP contribution in [0.3, 0.4) is 0 Å². The maximum absolute atomic E-state index is 10.0. The van der Waals surface area contributed by atoms with Crippen molar-refractivity contribution < 1.29 is 34.4 Å². The molecule has 0 atom stereocenters. The molecule has 4 nitrogen and oxygen atoms in total. The second-order valence-corrected chi connectivity index (χ2v) is 8.57.